The summed E-state index contributed by atoms with van der Waals surface area (Å²) in [4.78, 5) is 22.0. The average Bonchev–Trinajstić information content (AvgIpc) is 2.41. The van der Waals surface area contributed by atoms with Crippen molar-refractivity contribution in [2.75, 3.05) is 0 Å². The molecule has 5 heteroatoms. The van der Waals surface area contributed by atoms with E-state index in [0.29, 0.717) is 5.75 Å². The highest BCUT2D eigenvalue weighted by Crippen LogP contribution is 2.26. The van der Waals surface area contributed by atoms with Gasteiger partial charge in [0.05, 0.1) is 11.1 Å². The lowest BCUT2D eigenvalue weighted by Crippen LogP contribution is -2.08. The van der Waals surface area contributed by atoms with Crippen LogP contribution >= 0.6 is 0 Å². The summed E-state index contributed by atoms with van der Waals surface area (Å²) in [5.74, 6) is -1.73. The zero-order valence-electron chi connectivity index (χ0n) is 10.7. The predicted octanol–water partition coefficient (Wildman–Crippen LogP) is 3.18. The van der Waals surface area contributed by atoms with Gasteiger partial charge in [0.1, 0.15) is 11.5 Å². The Morgan fingerprint density at radius 2 is 1.60 bits per heavy atom. The molecule has 0 heterocycles. The van der Waals surface area contributed by atoms with E-state index < -0.39 is 11.9 Å². The molecule has 0 aliphatic rings. The average molecular weight is 272 g/mol. The van der Waals surface area contributed by atoms with E-state index in [2.05, 4.69) is 0 Å². The molecule has 0 radical (unpaired) electrons. The summed E-state index contributed by atoms with van der Waals surface area (Å²) < 4.78 is 5.58. The van der Waals surface area contributed by atoms with Gasteiger partial charge in [0.15, 0.2) is 0 Å². The fraction of sp³-hybridized carbons (Fsp3) is 0.0667. The van der Waals surface area contributed by atoms with Gasteiger partial charge in [-0.05, 0) is 36.8 Å². The topological polar surface area (TPSA) is 83.8 Å². The maximum Gasteiger partial charge on any atom is 0.336 e. The lowest BCUT2D eigenvalue weighted by Gasteiger charge is -2.10. The summed E-state index contributed by atoms with van der Waals surface area (Å²) in [5.41, 5.74) is 0.324. The largest absolute Gasteiger partial charge is 0.478 e. The minimum absolute atomic E-state index is 0.269. The van der Waals surface area contributed by atoms with Crippen LogP contribution in [-0.4, -0.2) is 22.2 Å². The van der Waals surface area contributed by atoms with Crippen LogP contribution in [0.5, 0.6) is 11.5 Å². The summed E-state index contributed by atoms with van der Waals surface area (Å²) in [6.45, 7) is 1.86. The SMILES string of the molecule is Cc1ccccc1Oc1ccc(C(=O)O)c(C(=O)O)c1. The fourth-order valence-electron chi connectivity index (χ4n) is 1.75. The highest BCUT2D eigenvalue weighted by Gasteiger charge is 2.17. The van der Waals surface area contributed by atoms with Crippen LogP contribution in [0.1, 0.15) is 26.3 Å². The fourth-order valence-corrected chi connectivity index (χ4v) is 1.75. The zero-order valence-corrected chi connectivity index (χ0v) is 10.7. The number of hydrogen-bond acceptors (Lipinski definition) is 3. The molecule has 2 aromatic rings. The Kier molecular flexibility index (Phi) is 3.70. The molecule has 0 atom stereocenters. The molecule has 0 aromatic heterocycles. The number of rotatable bonds is 4. The van der Waals surface area contributed by atoms with E-state index in [0.717, 1.165) is 5.56 Å². The maximum absolute atomic E-state index is 11.1. The normalized spacial score (nSPS) is 10.1. The number of benzene rings is 2. The van der Waals surface area contributed by atoms with E-state index in [1.807, 2.05) is 19.1 Å². The number of aromatic carboxylic acids is 2. The molecule has 2 rings (SSSR count). The van der Waals surface area contributed by atoms with Crippen LogP contribution in [0.2, 0.25) is 0 Å². The second-order valence-electron chi connectivity index (χ2n) is 4.19. The second kappa shape index (κ2) is 5.44. The number of hydrogen-bond donors (Lipinski definition) is 2. The molecule has 0 aliphatic heterocycles. The first-order valence-corrected chi connectivity index (χ1v) is 5.83. The predicted molar refractivity (Wildman–Crippen MR) is 71.6 cm³/mol. The summed E-state index contributed by atoms with van der Waals surface area (Å²) in [6, 6.07) is 11.1. The third-order valence-electron chi connectivity index (χ3n) is 2.77. The second-order valence-corrected chi connectivity index (χ2v) is 4.19. The van der Waals surface area contributed by atoms with Crippen molar-refractivity contribution >= 4 is 11.9 Å². The maximum atomic E-state index is 11.1. The Labute approximate surface area is 115 Å². The van der Waals surface area contributed by atoms with E-state index >= 15 is 0 Å². The van der Waals surface area contributed by atoms with Crippen molar-refractivity contribution in [1.29, 1.82) is 0 Å². The molecule has 0 amide bonds. The molecular formula is C15H12O5. The van der Waals surface area contributed by atoms with Gasteiger partial charge in [0.2, 0.25) is 0 Å². The molecule has 0 bridgehead atoms. The molecule has 0 spiro atoms. The number of carboxylic acids is 2. The molecule has 0 saturated heterocycles. The molecule has 2 N–H and O–H groups in total. The van der Waals surface area contributed by atoms with Crippen LogP contribution < -0.4 is 4.74 Å². The van der Waals surface area contributed by atoms with Gasteiger partial charge in [0, 0.05) is 0 Å². The Hall–Kier alpha value is -2.82. The Morgan fingerprint density at radius 1 is 0.950 bits per heavy atom. The number of para-hydroxylation sites is 1. The third-order valence-corrected chi connectivity index (χ3v) is 2.77. The van der Waals surface area contributed by atoms with Crippen LogP contribution in [0.15, 0.2) is 42.5 Å². The molecule has 0 saturated carbocycles. The van der Waals surface area contributed by atoms with Gasteiger partial charge in [-0.25, -0.2) is 9.59 Å². The van der Waals surface area contributed by atoms with E-state index in [4.69, 9.17) is 14.9 Å². The summed E-state index contributed by atoms with van der Waals surface area (Å²) >= 11 is 0. The quantitative estimate of drug-likeness (QED) is 0.893. The Balaban J connectivity index is 2.40. The first-order valence-electron chi connectivity index (χ1n) is 5.83. The van der Waals surface area contributed by atoms with Crippen LogP contribution in [0.4, 0.5) is 0 Å². The number of carbonyl (C=O) groups is 2. The monoisotopic (exact) mass is 272 g/mol. The minimum Gasteiger partial charge on any atom is -0.478 e. The summed E-state index contributed by atoms with van der Waals surface area (Å²) in [7, 11) is 0. The number of ether oxygens (including phenoxy) is 1. The van der Waals surface area contributed by atoms with E-state index in [-0.39, 0.29) is 16.9 Å². The van der Waals surface area contributed by atoms with Crippen molar-refractivity contribution < 1.29 is 24.5 Å². The van der Waals surface area contributed by atoms with Crippen LogP contribution in [0.3, 0.4) is 0 Å². The molecule has 20 heavy (non-hydrogen) atoms. The van der Waals surface area contributed by atoms with Crippen LogP contribution in [0, 0.1) is 6.92 Å². The van der Waals surface area contributed by atoms with E-state index in [1.54, 1.807) is 12.1 Å². The molecule has 2 aromatic carbocycles. The molecule has 0 unspecified atom stereocenters. The molecule has 0 aliphatic carbocycles. The summed E-state index contributed by atoms with van der Waals surface area (Å²) in [5, 5.41) is 18.0. The van der Waals surface area contributed by atoms with Gasteiger partial charge in [-0.3, -0.25) is 0 Å². The van der Waals surface area contributed by atoms with Crippen molar-refractivity contribution in [3.8, 4) is 11.5 Å². The lowest BCUT2D eigenvalue weighted by atomic mass is 10.1. The Bertz CT molecular complexity index is 676. The van der Waals surface area contributed by atoms with E-state index in [9.17, 15) is 9.59 Å². The van der Waals surface area contributed by atoms with Crippen LogP contribution in [0.25, 0.3) is 0 Å². The first-order chi connectivity index (χ1) is 9.49. The standard InChI is InChI=1S/C15H12O5/c1-9-4-2-3-5-13(9)20-10-6-7-11(14(16)17)12(8-10)15(18)19/h2-8H,1H3,(H,16,17)(H,18,19). The van der Waals surface area contributed by atoms with E-state index in [1.165, 1.54) is 18.2 Å². The van der Waals surface area contributed by atoms with Gasteiger partial charge >= 0.3 is 11.9 Å². The van der Waals surface area contributed by atoms with Crippen molar-refractivity contribution in [2.24, 2.45) is 0 Å². The molecule has 5 nitrogen and oxygen atoms in total. The molecule has 102 valence electrons. The summed E-state index contributed by atoms with van der Waals surface area (Å²) in [6.07, 6.45) is 0. The Morgan fingerprint density at radius 3 is 2.20 bits per heavy atom. The van der Waals surface area contributed by atoms with Crippen molar-refractivity contribution in [3.05, 3.63) is 59.2 Å². The van der Waals surface area contributed by atoms with Crippen molar-refractivity contribution in [3.63, 3.8) is 0 Å². The molecular weight excluding hydrogens is 260 g/mol. The van der Waals surface area contributed by atoms with Gasteiger partial charge in [-0.1, -0.05) is 18.2 Å². The van der Waals surface area contributed by atoms with Crippen molar-refractivity contribution in [1.82, 2.24) is 0 Å². The third kappa shape index (κ3) is 2.77. The first kappa shape index (κ1) is 13.6. The molecule has 0 fully saturated rings. The van der Waals surface area contributed by atoms with Gasteiger partial charge in [-0.15, -0.1) is 0 Å². The zero-order chi connectivity index (χ0) is 14.7. The minimum atomic E-state index is -1.31. The number of aryl methyl sites for hydroxylation is 1. The van der Waals surface area contributed by atoms with Gasteiger partial charge in [-0.2, -0.15) is 0 Å². The number of carboxylic acid groups (broad SMARTS) is 2. The highest BCUT2D eigenvalue weighted by atomic mass is 16.5. The van der Waals surface area contributed by atoms with Gasteiger partial charge < -0.3 is 14.9 Å². The van der Waals surface area contributed by atoms with Gasteiger partial charge in [0.25, 0.3) is 0 Å². The smallest absolute Gasteiger partial charge is 0.336 e. The highest BCUT2D eigenvalue weighted by molar-refractivity contribution is 6.02. The van der Waals surface area contributed by atoms with Crippen LogP contribution in [-0.2, 0) is 0 Å². The lowest BCUT2D eigenvalue weighted by molar-refractivity contribution is 0.0651. The van der Waals surface area contributed by atoms with Crippen molar-refractivity contribution in [2.45, 2.75) is 6.92 Å².